The topological polar surface area (TPSA) is 38.9 Å². The molecule has 0 fully saturated rings. The molecule has 2 nitrogen and oxygen atoms in total. The molecule has 0 amide bonds. The zero-order valence-electron chi connectivity index (χ0n) is 8.62. The first-order chi connectivity index (χ1) is 6.29. The fourth-order valence-corrected chi connectivity index (χ4v) is 1.67. The minimum atomic E-state index is 0.278. The van der Waals surface area contributed by atoms with Crippen LogP contribution >= 0.6 is 0 Å². The molecule has 0 saturated heterocycles. The number of pyridine rings is 1. The molecular formula is C11H18N2. The monoisotopic (exact) mass is 178 g/mol. The first-order valence-electron chi connectivity index (χ1n) is 4.98. The van der Waals surface area contributed by atoms with Crippen molar-refractivity contribution in [2.75, 3.05) is 0 Å². The molecule has 13 heavy (non-hydrogen) atoms. The highest BCUT2D eigenvalue weighted by atomic mass is 14.8. The van der Waals surface area contributed by atoms with Crippen molar-refractivity contribution < 1.29 is 0 Å². The smallest absolute Gasteiger partial charge is 0.0454 e. The molecule has 1 aromatic heterocycles. The van der Waals surface area contributed by atoms with E-state index >= 15 is 0 Å². The molecule has 0 aromatic carbocycles. The van der Waals surface area contributed by atoms with Gasteiger partial charge in [-0.2, -0.15) is 0 Å². The third-order valence-corrected chi connectivity index (χ3v) is 2.49. The average Bonchev–Trinajstić information content (AvgIpc) is 2.47. The lowest BCUT2D eigenvalue weighted by molar-refractivity contribution is 0.613. The van der Waals surface area contributed by atoms with Crippen molar-refractivity contribution in [1.29, 1.82) is 0 Å². The minimum absolute atomic E-state index is 0.278. The third-order valence-electron chi connectivity index (χ3n) is 2.49. The van der Waals surface area contributed by atoms with E-state index in [1.54, 1.807) is 0 Å². The third kappa shape index (κ3) is 1.89. The molecule has 2 unspecified atom stereocenters. The molecule has 0 radical (unpaired) electrons. The Hall–Kier alpha value is -0.890. The Kier molecular flexibility index (Phi) is 3.43. The van der Waals surface area contributed by atoms with Gasteiger partial charge in [-0.05, 0) is 17.5 Å². The second-order valence-corrected chi connectivity index (χ2v) is 3.20. The molecular weight excluding hydrogens is 160 g/mol. The number of hydrogen-bond acceptors (Lipinski definition) is 2. The lowest BCUT2D eigenvalue weighted by Crippen LogP contribution is -2.22. The van der Waals surface area contributed by atoms with Crippen LogP contribution in [0.25, 0.3) is 0 Å². The first kappa shape index (κ1) is 10.2. The summed E-state index contributed by atoms with van der Waals surface area (Å²) in [6.45, 7) is 6.16. The SMILES string of the molecule is CC.CC1c2cccnc2CC1N. The average molecular weight is 178 g/mol. The molecule has 0 bridgehead atoms. The molecule has 1 aliphatic rings. The standard InChI is InChI=1S/C9H12N2.C2H6/c1-6-7-3-2-4-11-9(7)5-8(6)10;1-2/h2-4,6,8H,5,10H2,1H3;1-2H3. The van der Waals surface area contributed by atoms with E-state index < -0.39 is 0 Å². The normalized spacial score (nSPS) is 24.6. The van der Waals surface area contributed by atoms with Crippen molar-refractivity contribution in [1.82, 2.24) is 4.98 Å². The summed E-state index contributed by atoms with van der Waals surface area (Å²) in [5.41, 5.74) is 8.41. The zero-order chi connectivity index (χ0) is 9.84. The van der Waals surface area contributed by atoms with Crippen LogP contribution in [0, 0.1) is 0 Å². The van der Waals surface area contributed by atoms with Gasteiger partial charge in [0.1, 0.15) is 0 Å². The highest BCUT2D eigenvalue weighted by Crippen LogP contribution is 2.29. The van der Waals surface area contributed by atoms with E-state index in [1.165, 1.54) is 11.3 Å². The Balaban J connectivity index is 0.000000396. The van der Waals surface area contributed by atoms with Gasteiger partial charge < -0.3 is 5.73 Å². The fraction of sp³-hybridized carbons (Fsp3) is 0.545. The zero-order valence-corrected chi connectivity index (χ0v) is 8.62. The van der Waals surface area contributed by atoms with Crippen molar-refractivity contribution in [3.05, 3.63) is 29.6 Å². The maximum absolute atomic E-state index is 5.89. The van der Waals surface area contributed by atoms with E-state index in [9.17, 15) is 0 Å². The summed E-state index contributed by atoms with van der Waals surface area (Å²) >= 11 is 0. The quantitative estimate of drug-likeness (QED) is 0.660. The Morgan fingerprint density at radius 1 is 1.46 bits per heavy atom. The number of fused-ring (bicyclic) bond motifs is 1. The van der Waals surface area contributed by atoms with E-state index in [0.29, 0.717) is 5.92 Å². The highest BCUT2D eigenvalue weighted by molar-refractivity contribution is 5.31. The molecule has 1 aliphatic carbocycles. The van der Waals surface area contributed by atoms with E-state index in [1.807, 2.05) is 26.1 Å². The van der Waals surface area contributed by atoms with Gasteiger partial charge in [-0.15, -0.1) is 0 Å². The highest BCUT2D eigenvalue weighted by Gasteiger charge is 2.26. The summed E-state index contributed by atoms with van der Waals surface area (Å²) in [6, 6.07) is 4.38. The Bertz CT molecular complexity index is 271. The Labute approximate surface area is 80.2 Å². The van der Waals surface area contributed by atoms with Gasteiger partial charge in [-0.1, -0.05) is 26.8 Å². The van der Waals surface area contributed by atoms with Crippen LogP contribution in [0.2, 0.25) is 0 Å². The maximum atomic E-state index is 5.89. The van der Waals surface area contributed by atoms with Gasteiger partial charge in [0.25, 0.3) is 0 Å². The van der Waals surface area contributed by atoms with Crippen LogP contribution in [0.4, 0.5) is 0 Å². The molecule has 0 spiro atoms. The van der Waals surface area contributed by atoms with Crippen molar-refractivity contribution in [3.63, 3.8) is 0 Å². The molecule has 2 heteroatoms. The number of nitrogens with zero attached hydrogens (tertiary/aromatic N) is 1. The molecule has 1 heterocycles. The van der Waals surface area contributed by atoms with Crippen LogP contribution < -0.4 is 5.73 Å². The largest absolute Gasteiger partial charge is 0.327 e. The van der Waals surface area contributed by atoms with Gasteiger partial charge in [0.15, 0.2) is 0 Å². The number of hydrogen-bond donors (Lipinski definition) is 1. The van der Waals surface area contributed by atoms with Crippen molar-refractivity contribution in [2.45, 2.75) is 39.2 Å². The summed E-state index contributed by atoms with van der Waals surface area (Å²) in [6.07, 6.45) is 2.78. The molecule has 72 valence electrons. The lowest BCUT2D eigenvalue weighted by Gasteiger charge is -2.07. The van der Waals surface area contributed by atoms with Crippen molar-refractivity contribution in [3.8, 4) is 0 Å². The predicted octanol–water partition coefficient (Wildman–Crippen LogP) is 2.09. The van der Waals surface area contributed by atoms with Gasteiger partial charge in [0.05, 0.1) is 0 Å². The van der Waals surface area contributed by atoms with E-state index in [4.69, 9.17) is 5.73 Å². The van der Waals surface area contributed by atoms with Crippen LogP contribution in [0.1, 0.15) is 37.9 Å². The van der Waals surface area contributed by atoms with E-state index in [0.717, 1.165) is 6.42 Å². The first-order valence-corrected chi connectivity index (χ1v) is 4.98. The summed E-state index contributed by atoms with van der Waals surface area (Å²) in [5, 5.41) is 0. The van der Waals surface area contributed by atoms with Crippen LogP contribution in [0.5, 0.6) is 0 Å². The second-order valence-electron chi connectivity index (χ2n) is 3.20. The van der Waals surface area contributed by atoms with E-state index in [2.05, 4.69) is 18.0 Å². The van der Waals surface area contributed by atoms with Crippen molar-refractivity contribution >= 4 is 0 Å². The minimum Gasteiger partial charge on any atom is -0.327 e. The summed E-state index contributed by atoms with van der Waals surface area (Å²) < 4.78 is 0. The summed E-state index contributed by atoms with van der Waals surface area (Å²) in [5.74, 6) is 0.485. The van der Waals surface area contributed by atoms with Gasteiger partial charge >= 0.3 is 0 Å². The molecule has 0 saturated carbocycles. The van der Waals surface area contributed by atoms with Crippen LogP contribution in [-0.2, 0) is 6.42 Å². The van der Waals surface area contributed by atoms with Gasteiger partial charge in [0, 0.05) is 24.4 Å². The Morgan fingerprint density at radius 2 is 2.15 bits per heavy atom. The predicted molar refractivity (Wildman–Crippen MR) is 55.7 cm³/mol. The van der Waals surface area contributed by atoms with Gasteiger partial charge in [0.2, 0.25) is 0 Å². The summed E-state index contributed by atoms with van der Waals surface area (Å²) in [4.78, 5) is 4.28. The lowest BCUT2D eigenvalue weighted by atomic mass is 10.0. The fourth-order valence-electron chi connectivity index (χ4n) is 1.67. The number of aromatic nitrogens is 1. The van der Waals surface area contributed by atoms with Gasteiger partial charge in [-0.3, -0.25) is 4.98 Å². The molecule has 1 aromatic rings. The Morgan fingerprint density at radius 3 is 2.77 bits per heavy atom. The summed E-state index contributed by atoms with van der Waals surface area (Å²) in [7, 11) is 0. The van der Waals surface area contributed by atoms with Gasteiger partial charge in [-0.25, -0.2) is 0 Å². The molecule has 2 atom stereocenters. The second kappa shape index (κ2) is 4.38. The van der Waals surface area contributed by atoms with Crippen LogP contribution in [0.15, 0.2) is 18.3 Å². The van der Waals surface area contributed by atoms with Crippen LogP contribution in [-0.4, -0.2) is 11.0 Å². The van der Waals surface area contributed by atoms with Crippen LogP contribution in [0.3, 0.4) is 0 Å². The molecule has 0 aliphatic heterocycles. The maximum Gasteiger partial charge on any atom is 0.0454 e. The molecule has 2 rings (SSSR count). The van der Waals surface area contributed by atoms with E-state index in [-0.39, 0.29) is 6.04 Å². The number of nitrogens with two attached hydrogens (primary N) is 1. The van der Waals surface area contributed by atoms with Crippen molar-refractivity contribution in [2.24, 2.45) is 5.73 Å². The number of rotatable bonds is 0. The molecule has 2 N–H and O–H groups in total.